The first-order valence-corrected chi connectivity index (χ1v) is 21.5. The van der Waals surface area contributed by atoms with Gasteiger partial charge in [0, 0.05) is 39.6 Å². The third-order valence-electron chi connectivity index (χ3n) is 10.9. The number of hydrogen-bond acceptors (Lipinski definition) is 7. The summed E-state index contributed by atoms with van der Waals surface area (Å²) in [6.45, 7) is 16.2. The monoisotopic (exact) mass is 895 g/mol. The van der Waals surface area contributed by atoms with Crippen LogP contribution in [0.1, 0.15) is 81.8 Å². The lowest BCUT2D eigenvalue weighted by atomic mass is 9.95. The van der Waals surface area contributed by atoms with Crippen LogP contribution in [-0.4, -0.2) is 57.6 Å². The van der Waals surface area contributed by atoms with Gasteiger partial charge in [-0.2, -0.15) is 9.67 Å². The zero-order valence-corrected chi connectivity index (χ0v) is 38.3. The third-order valence-corrected chi connectivity index (χ3v) is 11.2. The van der Waals surface area contributed by atoms with Gasteiger partial charge in [-0.3, -0.25) is 0 Å². The average molecular weight is 896 g/mol. The van der Waals surface area contributed by atoms with E-state index in [1.54, 1.807) is 64.4 Å². The fraction of sp³-hybridized carbons (Fsp3) is 0.255. The number of benzene rings is 4. The molecule has 0 saturated heterocycles. The molecule has 14 heteroatoms. The largest absolute Gasteiger partial charge is 0.479 e. The Morgan fingerprint density at radius 1 is 0.677 bits per heavy atom. The number of carboxylic acid groups (broad SMARTS) is 2. The Morgan fingerprint density at radius 2 is 1.20 bits per heavy atom. The molecule has 2 N–H and O–H groups in total. The van der Waals surface area contributed by atoms with Crippen LogP contribution >= 0.6 is 11.6 Å². The lowest BCUT2D eigenvalue weighted by Crippen LogP contribution is -2.41. The van der Waals surface area contributed by atoms with Crippen molar-refractivity contribution in [2.24, 2.45) is 0 Å². The SMILES string of the molecule is Cc1cc(-[n+]2c(C)c(C(OC(C)(C)C)C(=O)O)c(-c3ccc(F)cc3Cl)n3nc(-c4ccccc4)cc32)ccc1-c1c(C(OC(C)(C)C)C(=O)O)c(C)nc2cc(-c3ccccc3)nn12. The summed E-state index contributed by atoms with van der Waals surface area (Å²) in [5.41, 5.74) is 6.92. The predicted molar refractivity (Wildman–Crippen MR) is 247 cm³/mol. The van der Waals surface area contributed by atoms with Gasteiger partial charge in [0.2, 0.25) is 0 Å². The van der Waals surface area contributed by atoms with E-state index in [9.17, 15) is 24.2 Å². The molecule has 0 fully saturated rings. The van der Waals surface area contributed by atoms with Crippen molar-refractivity contribution in [2.75, 3.05) is 0 Å². The predicted octanol–water partition coefficient (Wildman–Crippen LogP) is 10.9. The summed E-state index contributed by atoms with van der Waals surface area (Å²) >= 11 is 6.83. The molecule has 8 rings (SSSR count). The highest BCUT2D eigenvalue weighted by atomic mass is 35.5. The molecule has 4 aromatic carbocycles. The Balaban J connectivity index is 1.45. The minimum absolute atomic E-state index is 0.0560. The molecular formula is C51H49ClFN6O6+. The molecular weight excluding hydrogens is 847 g/mol. The highest BCUT2D eigenvalue weighted by Gasteiger charge is 2.40. The molecule has 4 heterocycles. The van der Waals surface area contributed by atoms with Gasteiger partial charge in [-0.05, 0) is 104 Å². The molecule has 2 atom stereocenters. The van der Waals surface area contributed by atoms with Gasteiger partial charge in [0.1, 0.15) is 22.9 Å². The zero-order valence-electron chi connectivity index (χ0n) is 37.5. The molecule has 0 spiro atoms. The summed E-state index contributed by atoms with van der Waals surface area (Å²) in [6.07, 6.45) is -2.94. The van der Waals surface area contributed by atoms with Gasteiger partial charge in [0.15, 0.2) is 23.5 Å². The lowest BCUT2D eigenvalue weighted by molar-refractivity contribution is -0.579. The second kappa shape index (κ2) is 17.0. The molecule has 0 bridgehead atoms. The van der Waals surface area contributed by atoms with Crippen LogP contribution in [0.25, 0.3) is 62.0 Å². The summed E-state index contributed by atoms with van der Waals surface area (Å²) in [5.74, 6) is -2.99. The quantitative estimate of drug-likeness (QED) is 0.121. The molecule has 12 nitrogen and oxygen atoms in total. The van der Waals surface area contributed by atoms with Crippen LogP contribution in [0.2, 0.25) is 5.02 Å². The lowest BCUT2D eigenvalue weighted by Gasteiger charge is -2.28. The van der Waals surface area contributed by atoms with Gasteiger partial charge in [0.05, 0.1) is 39.2 Å². The summed E-state index contributed by atoms with van der Waals surface area (Å²) in [4.78, 5) is 31.5. The topological polar surface area (TPSA) is 144 Å². The second-order valence-electron chi connectivity index (χ2n) is 18.0. The van der Waals surface area contributed by atoms with E-state index >= 15 is 0 Å². The number of nitrogens with zero attached hydrogens (tertiary/aromatic N) is 6. The van der Waals surface area contributed by atoms with Crippen molar-refractivity contribution < 1.29 is 38.2 Å². The number of ether oxygens (including phenoxy) is 2. The van der Waals surface area contributed by atoms with Gasteiger partial charge in [-0.15, -0.1) is 0 Å². The molecule has 0 aliphatic carbocycles. The van der Waals surface area contributed by atoms with Gasteiger partial charge in [-0.1, -0.05) is 81.9 Å². The summed E-state index contributed by atoms with van der Waals surface area (Å²) in [7, 11) is 0. The number of rotatable bonds is 11. The first-order valence-electron chi connectivity index (χ1n) is 21.1. The molecule has 2 unspecified atom stereocenters. The van der Waals surface area contributed by atoms with Crippen LogP contribution in [0.4, 0.5) is 4.39 Å². The van der Waals surface area contributed by atoms with Crippen LogP contribution in [0.3, 0.4) is 0 Å². The van der Waals surface area contributed by atoms with E-state index in [1.807, 2.05) is 102 Å². The van der Waals surface area contributed by atoms with E-state index in [4.69, 9.17) is 36.3 Å². The van der Waals surface area contributed by atoms with E-state index in [-0.39, 0.29) is 10.6 Å². The van der Waals surface area contributed by atoms with E-state index in [2.05, 4.69) is 0 Å². The maximum Gasteiger partial charge on any atom is 0.337 e. The van der Waals surface area contributed by atoms with E-state index < -0.39 is 41.2 Å². The maximum absolute atomic E-state index is 14.7. The molecule has 0 amide bonds. The Kier molecular flexibility index (Phi) is 11.7. The van der Waals surface area contributed by atoms with Crippen LogP contribution in [-0.2, 0) is 19.1 Å². The van der Waals surface area contributed by atoms with Gasteiger partial charge in [-0.25, -0.2) is 23.5 Å². The van der Waals surface area contributed by atoms with Crippen LogP contribution in [0.5, 0.6) is 0 Å². The summed E-state index contributed by atoms with van der Waals surface area (Å²) in [5, 5.41) is 31.9. The molecule has 332 valence electrons. The van der Waals surface area contributed by atoms with E-state index in [0.29, 0.717) is 67.8 Å². The van der Waals surface area contributed by atoms with Crippen LogP contribution in [0.15, 0.2) is 109 Å². The highest BCUT2D eigenvalue weighted by molar-refractivity contribution is 6.33. The normalized spacial score (nSPS) is 13.1. The molecule has 0 aliphatic heterocycles. The molecule has 0 saturated carbocycles. The Morgan fingerprint density at radius 3 is 1.74 bits per heavy atom. The van der Waals surface area contributed by atoms with Crippen molar-refractivity contribution in [3.63, 3.8) is 0 Å². The van der Waals surface area contributed by atoms with Crippen molar-refractivity contribution in [2.45, 2.75) is 85.7 Å². The fourth-order valence-corrected chi connectivity index (χ4v) is 8.54. The molecule has 8 aromatic rings. The minimum Gasteiger partial charge on any atom is -0.479 e. The van der Waals surface area contributed by atoms with Crippen LogP contribution in [0, 0.1) is 26.6 Å². The molecule has 0 aliphatic rings. The Labute approximate surface area is 380 Å². The summed E-state index contributed by atoms with van der Waals surface area (Å²) < 4.78 is 32.5. The fourth-order valence-electron chi connectivity index (χ4n) is 8.28. The minimum atomic E-state index is -1.53. The number of aromatic nitrogens is 6. The van der Waals surface area contributed by atoms with Crippen molar-refractivity contribution in [3.05, 3.63) is 148 Å². The molecule has 0 radical (unpaired) electrons. The number of carbonyl (C=O) groups is 2. The number of aliphatic carboxylic acids is 2. The standard InChI is InChI=1S/C51H48ClFN6O6/c1-28-24-34(21-23-35(28)44-42(46(48(60)61)64-50(4,5)6)29(2)54-40-26-38(55-58(40)44)31-16-12-10-13-17-31)57-30(3)43(47(49(62)63)65-51(7,8)9)45(36-22-20-33(53)25-37(36)52)59-41(57)27-39(56-59)32-18-14-11-15-19-32/h10-27,46-47H,1-9H3,(H-,60,61,62,63)/p+1. The Bertz CT molecular complexity index is 3150. The van der Waals surface area contributed by atoms with Crippen molar-refractivity contribution in [3.8, 4) is 50.7 Å². The van der Waals surface area contributed by atoms with Crippen molar-refractivity contribution >= 4 is 34.8 Å². The first kappa shape index (κ1) is 44.8. The van der Waals surface area contributed by atoms with Crippen LogP contribution < -0.4 is 4.57 Å². The third kappa shape index (κ3) is 8.74. The molecule has 65 heavy (non-hydrogen) atoms. The van der Waals surface area contributed by atoms with Crippen molar-refractivity contribution in [1.29, 1.82) is 0 Å². The highest BCUT2D eigenvalue weighted by Crippen LogP contribution is 2.41. The van der Waals surface area contributed by atoms with E-state index in [1.165, 1.54) is 18.2 Å². The second-order valence-corrected chi connectivity index (χ2v) is 18.4. The average Bonchev–Trinajstić information content (AvgIpc) is 3.87. The number of fused-ring (bicyclic) bond motifs is 2. The smallest absolute Gasteiger partial charge is 0.337 e. The summed E-state index contributed by atoms with van der Waals surface area (Å²) in [6, 6.07) is 32.7. The zero-order chi connectivity index (χ0) is 46.7. The number of carboxylic acids is 2. The number of hydrogen-bond donors (Lipinski definition) is 2. The van der Waals surface area contributed by atoms with Gasteiger partial charge < -0.3 is 19.7 Å². The van der Waals surface area contributed by atoms with Gasteiger partial charge >= 0.3 is 17.6 Å². The van der Waals surface area contributed by atoms with E-state index in [0.717, 1.165) is 16.7 Å². The maximum atomic E-state index is 14.7. The number of aryl methyl sites for hydroxylation is 2. The first-order chi connectivity index (χ1) is 30.7. The Hall–Kier alpha value is -6.80. The van der Waals surface area contributed by atoms with Gasteiger partial charge in [0.25, 0.3) is 0 Å². The number of halogens is 2. The molecule has 4 aromatic heterocycles. The van der Waals surface area contributed by atoms with Crippen molar-refractivity contribution in [1.82, 2.24) is 24.2 Å².